The molecule has 2 atom stereocenters. The third-order valence-electron chi connectivity index (χ3n) is 5.18. The van der Waals surface area contributed by atoms with Gasteiger partial charge in [-0.05, 0) is 56.9 Å². The Morgan fingerprint density at radius 2 is 1.72 bits per heavy atom. The number of hydrogen-bond acceptors (Lipinski definition) is 7. The number of halogens is 2. The van der Waals surface area contributed by atoms with Gasteiger partial charge in [-0.3, -0.25) is 19.7 Å². The van der Waals surface area contributed by atoms with Gasteiger partial charge >= 0.3 is 17.9 Å². The van der Waals surface area contributed by atoms with Crippen molar-refractivity contribution in [3.63, 3.8) is 0 Å². The van der Waals surface area contributed by atoms with Gasteiger partial charge in [0.15, 0.2) is 0 Å². The summed E-state index contributed by atoms with van der Waals surface area (Å²) in [4.78, 5) is 41.0. The van der Waals surface area contributed by atoms with Crippen molar-refractivity contribution >= 4 is 41.1 Å². The van der Waals surface area contributed by atoms with Crippen LogP contribution in [0.15, 0.2) is 30.7 Å². The number of rotatable bonds is 12. The Hall–Kier alpha value is -2.62. The monoisotopic (exact) mass is 541 g/mol. The Bertz CT molecular complexity index is 1040. The van der Waals surface area contributed by atoms with Crippen molar-refractivity contribution in [3.8, 4) is 0 Å². The Kier molecular flexibility index (Phi) is 10.8. The van der Waals surface area contributed by atoms with Gasteiger partial charge in [0.2, 0.25) is 6.79 Å². The van der Waals surface area contributed by atoms with E-state index in [9.17, 15) is 19.5 Å². The molecular weight excluding hydrogens is 509 g/mol. The maximum atomic E-state index is 13.0. The highest BCUT2D eigenvalue weighted by atomic mass is 35.5. The predicted molar refractivity (Wildman–Crippen MR) is 136 cm³/mol. The Morgan fingerprint density at radius 1 is 1.08 bits per heavy atom. The second-order valence-corrected chi connectivity index (χ2v) is 10.9. The standard InChI is InChI=1S/C25H33Cl2N3O6/c1-15(2)6-20(22(31)32)29-21(23(33)35-14-36-24(34)25(3,4)5)10-19-11-28-13-30(19)12-16-7-17(26)9-18(27)8-16/h7-9,11,13,15,20-21,29H,6,10,12,14H2,1-5H3,(H,31,32). The van der Waals surface area contributed by atoms with E-state index in [4.69, 9.17) is 32.7 Å². The van der Waals surface area contributed by atoms with E-state index >= 15 is 0 Å². The number of carboxylic acid groups (broad SMARTS) is 1. The number of esters is 2. The Labute approximate surface area is 221 Å². The van der Waals surface area contributed by atoms with Gasteiger partial charge in [-0.2, -0.15) is 0 Å². The SMILES string of the molecule is CC(C)CC(NC(Cc1cncn1Cc1cc(Cl)cc(Cl)c1)C(=O)OCOC(=O)C(C)(C)C)C(=O)O. The van der Waals surface area contributed by atoms with Gasteiger partial charge in [0.05, 0.1) is 11.7 Å². The lowest BCUT2D eigenvalue weighted by atomic mass is 9.98. The first-order valence-electron chi connectivity index (χ1n) is 11.5. The first-order valence-corrected chi connectivity index (χ1v) is 12.3. The lowest BCUT2D eigenvalue weighted by Gasteiger charge is -2.24. The van der Waals surface area contributed by atoms with Crippen LogP contribution < -0.4 is 5.32 Å². The fourth-order valence-electron chi connectivity index (χ4n) is 3.39. The number of imidazole rings is 1. The molecule has 2 N–H and O–H groups in total. The lowest BCUT2D eigenvalue weighted by Crippen LogP contribution is -2.49. The van der Waals surface area contributed by atoms with Crippen LogP contribution >= 0.6 is 23.2 Å². The molecule has 198 valence electrons. The Balaban J connectivity index is 2.22. The molecule has 1 aromatic heterocycles. The van der Waals surface area contributed by atoms with Crippen molar-refractivity contribution in [2.24, 2.45) is 11.3 Å². The largest absolute Gasteiger partial charge is 0.480 e. The third-order valence-corrected chi connectivity index (χ3v) is 5.62. The molecule has 1 aromatic carbocycles. The summed E-state index contributed by atoms with van der Waals surface area (Å²) in [6.07, 6.45) is 3.58. The van der Waals surface area contributed by atoms with E-state index < -0.39 is 42.2 Å². The summed E-state index contributed by atoms with van der Waals surface area (Å²) in [6.45, 7) is 8.63. The molecule has 0 fully saturated rings. The van der Waals surface area contributed by atoms with Crippen molar-refractivity contribution in [1.29, 1.82) is 0 Å². The number of hydrogen-bond donors (Lipinski definition) is 2. The fraction of sp³-hybridized carbons (Fsp3) is 0.520. The molecule has 2 unspecified atom stereocenters. The minimum Gasteiger partial charge on any atom is -0.480 e. The highest BCUT2D eigenvalue weighted by molar-refractivity contribution is 6.34. The van der Waals surface area contributed by atoms with Gasteiger partial charge in [0.25, 0.3) is 0 Å². The van der Waals surface area contributed by atoms with Crippen molar-refractivity contribution in [2.75, 3.05) is 6.79 Å². The van der Waals surface area contributed by atoms with Gasteiger partial charge in [0, 0.05) is 34.9 Å². The van der Waals surface area contributed by atoms with Gasteiger partial charge in [0.1, 0.15) is 12.1 Å². The summed E-state index contributed by atoms with van der Waals surface area (Å²) < 4.78 is 12.0. The zero-order chi connectivity index (χ0) is 27.0. The summed E-state index contributed by atoms with van der Waals surface area (Å²) >= 11 is 12.2. The number of carbonyl (C=O) groups is 3. The van der Waals surface area contributed by atoms with Crippen LogP contribution in [0.2, 0.25) is 10.0 Å². The lowest BCUT2D eigenvalue weighted by molar-refractivity contribution is -0.174. The summed E-state index contributed by atoms with van der Waals surface area (Å²) in [5.41, 5.74) is 0.725. The number of carboxylic acids is 1. The van der Waals surface area contributed by atoms with Crippen LogP contribution in [0.5, 0.6) is 0 Å². The molecule has 11 heteroatoms. The number of aliphatic carboxylic acids is 1. The molecule has 0 saturated carbocycles. The van der Waals surface area contributed by atoms with Gasteiger partial charge < -0.3 is 19.1 Å². The van der Waals surface area contributed by atoms with Crippen molar-refractivity contribution in [3.05, 3.63) is 52.0 Å². The average molecular weight is 542 g/mol. The zero-order valence-electron chi connectivity index (χ0n) is 21.1. The van der Waals surface area contributed by atoms with E-state index in [1.54, 1.807) is 51.5 Å². The molecule has 0 saturated heterocycles. The first kappa shape index (κ1) is 29.6. The molecule has 0 radical (unpaired) electrons. The first-order chi connectivity index (χ1) is 16.8. The molecule has 36 heavy (non-hydrogen) atoms. The van der Waals surface area contributed by atoms with E-state index in [0.29, 0.717) is 28.7 Å². The molecule has 0 amide bonds. The molecule has 1 heterocycles. The van der Waals surface area contributed by atoms with Crippen LogP contribution in [0.3, 0.4) is 0 Å². The highest BCUT2D eigenvalue weighted by Gasteiger charge is 2.30. The average Bonchev–Trinajstić information content (AvgIpc) is 3.17. The van der Waals surface area contributed by atoms with E-state index in [1.807, 2.05) is 18.4 Å². The van der Waals surface area contributed by atoms with Gasteiger partial charge in [-0.1, -0.05) is 37.0 Å². The second kappa shape index (κ2) is 13.1. The summed E-state index contributed by atoms with van der Waals surface area (Å²) in [5, 5.41) is 13.6. The van der Waals surface area contributed by atoms with Crippen molar-refractivity contribution in [1.82, 2.24) is 14.9 Å². The zero-order valence-corrected chi connectivity index (χ0v) is 22.6. The molecule has 0 aliphatic heterocycles. The van der Waals surface area contributed by atoms with E-state index in [2.05, 4.69) is 10.3 Å². The molecule has 0 aliphatic carbocycles. The molecule has 2 rings (SSSR count). The normalized spacial score (nSPS) is 13.3. The van der Waals surface area contributed by atoms with E-state index in [1.165, 1.54) is 0 Å². The van der Waals surface area contributed by atoms with Gasteiger partial charge in [-0.15, -0.1) is 0 Å². The smallest absolute Gasteiger partial charge is 0.326 e. The quantitative estimate of drug-likeness (QED) is 0.301. The van der Waals surface area contributed by atoms with Crippen molar-refractivity contribution in [2.45, 2.75) is 66.1 Å². The summed E-state index contributed by atoms with van der Waals surface area (Å²) in [6, 6.07) is 3.16. The van der Waals surface area contributed by atoms with Crippen LogP contribution in [0, 0.1) is 11.3 Å². The maximum absolute atomic E-state index is 13.0. The van der Waals surface area contributed by atoms with Crippen LogP contribution in [0.1, 0.15) is 52.3 Å². The summed E-state index contributed by atoms with van der Waals surface area (Å²) in [5.74, 6) is -2.28. The summed E-state index contributed by atoms with van der Waals surface area (Å²) in [7, 11) is 0. The fourth-order valence-corrected chi connectivity index (χ4v) is 3.96. The Morgan fingerprint density at radius 3 is 2.28 bits per heavy atom. The number of aromatic nitrogens is 2. The van der Waals surface area contributed by atoms with Crippen LogP contribution in [-0.2, 0) is 36.8 Å². The third kappa shape index (κ3) is 9.44. The van der Waals surface area contributed by atoms with Crippen LogP contribution in [0.25, 0.3) is 0 Å². The van der Waals surface area contributed by atoms with Crippen LogP contribution in [-0.4, -0.2) is 51.4 Å². The topological polar surface area (TPSA) is 120 Å². The number of benzene rings is 1. The molecule has 9 nitrogen and oxygen atoms in total. The van der Waals surface area contributed by atoms with Crippen LogP contribution in [0.4, 0.5) is 0 Å². The molecule has 0 bridgehead atoms. The minimum atomic E-state index is -1.08. The molecule has 2 aromatic rings. The second-order valence-electron chi connectivity index (χ2n) is 10.00. The number of nitrogens with zero attached hydrogens (tertiary/aromatic N) is 2. The maximum Gasteiger partial charge on any atom is 0.326 e. The predicted octanol–water partition coefficient (Wildman–Crippen LogP) is 4.33. The molecule has 0 aliphatic rings. The van der Waals surface area contributed by atoms with Gasteiger partial charge in [-0.25, -0.2) is 4.98 Å². The van der Waals surface area contributed by atoms with E-state index in [0.717, 1.165) is 5.56 Å². The van der Waals surface area contributed by atoms with Crippen molar-refractivity contribution < 1.29 is 29.0 Å². The highest BCUT2D eigenvalue weighted by Crippen LogP contribution is 2.21. The molecule has 0 spiro atoms. The number of nitrogens with one attached hydrogen (secondary N) is 1. The molecular formula is C25H33Cl2N3O6. The minimum absolute atomic E-state index is 0.0705. The number of ether oxygens (including phenoxy) is 2. The number of carbonyl (C=O) groups excluding carboxylic acids is 2. The van der Waals surface area contributed by atoms with E-state index in [-0.39, 0.29) is 12.3 Å².